The summed E-state index contributed by atoms with van der Waals surface area (Å²) >= 11 is 0. The number of ether oxygens (including phenoxy) is 2. The molecule has 0 saturated heterocycles. The van der Waals surface area contributed by atoms with E-state index in [0.29, 0.717) is 32.1 Å². The van der Waals surface area contributed by atoms with E-state index in [0.717, 1.165) is 38.5 Å². The lowest BCUT2D eigenvalue weighted by atomic mass is 9.90. The SMILES string of the molecule is CCCCCCCCCCCCCCCCCCCCC(=O)O[C@H](COC(=O)CCC/C=C\C[C@H]1C(=O)C[C@@H](O)[C@@H]1/C=C/[C@@H](O)CCCCC)COP(=O)(O)O. The topological polar surface area (TPSA) is 177 Å². The van der Waals surface area contributed by atoms with Crippen LogP contribution in [0.25, 0.3) is 0 Å². The Kier molecular flexibility index (Phi) is 31.7. The molecule has 1 aliphatic carbocycles. The van der Waals surface area contributed by atoms with Crippen molar-refractivity contribution in [1.29, 1.82) is 0 Å². The zero-order valence-corrected chi connectivity index (χ0v) is 35.9. The average Bonchev–Trinajstić information content (AvgIpc) is 3.42. The van der Waals surface area contributed by atoms with Crippen LogP contribution in [-0.2, 0) is 32.9 Å². The van der Waals surface area contributed by atoms with Crippen molar-refractivity contribution in [2.24, 2.45) is 11.8 Å². The van der Waals surface area contributed by atoms with Crippen molar-refractivity contribution in [3.63, 3.8) is 0 Å². The molecule has 0 aromatic rings. The van der Waals surface area contributed by atoms with Gasteiger partial charge in [0.2, 0.25) is 0 Å². The van der Waals surface area contributed by atoms with Crippen LogP contribution in [0.3, 0.4) is 0 Å². The smallest absolute Gasteiger partial charge is 0.462 e. The van der Waals surface area contributed by atoms with Crippen molar-refractivity contribution in [2.45, 2.75) is 212 Å². The molecule has 56 heavy (non-hydrogen) atoms. The van der Waals surface area contributed by atoms with Gasteiger partial charge in [0.15, 0.2) is 6.10 Å². The van der Waals surface area contributed by atoms with Crippen molar-refractivity contribution in [3.05, 3.63) is 24.3 Å². The van der Waals surface area contributed by atoms with Crippen molar-refractivity contribution in [1.82, 2.24) is 0 Å². The molecule has 0 unspecified atom stereocenters. The molecule has 0 aliphatic heterocycles. The number of hydrogen-bond donors (Lipinski definition) is 4. The second kappa shape index (κ2) is 34.0. The Bertz CT molecular complexity index is 1120. The molecule has 1 saturated carbocycles. The van der Waals surface area contributed by atoms with Gasteiger partial charge in [-0.2, -0.15) is 0 Å². The molecule has 1 rings (SSSR count). The summed E-state index contributed by atoms with van der Waals surface area (Å²) in [6.45, 7) is 3.37. The summed E-state index contributed by atoms with van der Waals surface area (Å²) in [5, 5.41) is 20.6. The van der Waals surface area contributed by atoms with E-state index in [1.54, 1.807) is 12.2 Å². The number of rotatable bonds is 37. The Labute approximate surface area is 339 Å². The third-order valence-electron chi connectivity index (χ3n) is 10.6. The Balaban J connectivity index is 2.24. The first-order chi connectivity index (χ1) is 27.0. The van der Waals surface area contributed by atoms with Crippen LogP contribution in [0, 0.1) is 11.8 Å². The van der Waals surface area contributed by atoms with Crippen LogP contribution in [-0.4, -0.2) is 69.2 Å². The molecule has 11 nitrogen and oxygen atoms in total. The number of ketones is 1. The molecular weight excluding hydrogens is 735 g/mol. The number of aliphatic hydroxyl groups excluding tert-OH is 2. The highest BCUT2D eigenvalue weighted by Gasteiger charge is 2.39. The minimum Gasteiger partial charge on any atom is -0.462 e. The lowest BCUT2D eigenvalue weighted by molar-refractivity contribution is -0.161. The van der Waals surface area contributed by atoms with E-state index in [9.17, 15) is 29.2 Å². The first-order valence-electron chi connectivity index (χ1n) is 22.2. The minimum atomic E-state index is -4.82. The van der Waals surface area contributed by atoms with Gasteiger partial charge in [-0.1, -0.05) is 167 Å². The highest BCUT2D eigenvalue weighted by Crippen LogP contribution is 2.36. The minimum absolute atomic E-state index is 0.00533. The molecule has 0 amide bonds. The van der Waals surface area contributed by atoms with Crippen LogP contribution in [0.2, 0.25) is 0 Å². The molecule has 0 aromatic carbocycles. The maximum absolute atomic E-state index is 12.5. The van der Waals surface area contributed by atoms with Gasteiger partial charge in [-0.15, -0.1) is 0 Å². The van der Waals surface area contributed by atoms with Gasteiger partial charge in [0.1, 0.15) is 12.4 Å². The molecular formula is C44H79O11P. The maximum Gasteiger partial charge on any atom is 0.469 e. The number of unbranched alkanes of at least 4 members (excludes halogenated alkanes) is 20. The molecule has 1 aliphatic rings. The number of phosphoric ester groups is 1. The predicted molar refractivity (Wildman–Crippen MR) is 222 cm³/mol. The summed E-state index contributed by atoms with van der Waals surface area (Å²) in [5.41, 5.74) is 0. The van der Waals surface area contributed by atoms with E-state index < -0.39 is 44.7 Å². The van der Waals surface area contributed by atoms with Crippen molar-refractivity contribution in [2.75, 3.05) is 13.2 Å². The van der Waals surface area contributed by atoms with Gasteiger partial charge < -0.3 is 29.5 Å². The lowest BCUT2D eigenvalue weighted by Gasteiger charge is -2.18. The van der Waals surface area contributed by atoms with Gasteiger partial charge >= 0.3 is 19.8 Å². The lowest BCUT2D eigenvalue weighted by Crippen LogP contribution is -2.29. The van der Waals surface area contributed by atoms with Crippen molar-refractivity contribution in [3.8, 4) is 0 Å². The molecule has 0 aromatic heterocycles. The normalized spacial score (nSPS) is 18.6. The van der Waals surface area contributed by atoms with Gasteiger partial charge in [0.05, 0.1) is 18.8 Å². The van der Waals surface area contributed by atoms with E-state index in [2.05, 4.69) is 18.4 Å². The fourth-order valence-corrected chi connectivity index (χ4v) is 7.54. The van der Waals surface area contributed by atoms with Crippen molar-refractivity contribution >= 4 is 25.5 Å². The molecule has 0 heterocycles. The van der Waals surface area contributed by atoms with E-state index in [1.165, 1.54) is 89.9 Å². The van der Waals surface area contributed by atoms with Gasteiger partial charge in [-0.25, -0.2) is 4.57 Å². The van der Waals surface area contributed by atoms with Gasteiger partial charge in [-0.05, 0) is 32.1 Å². The van der Waals surface area contributed by atoms with Crippen LogP contribution >= 0.6 is 7.82 Å². The van der Waals surface area contributed by atoms with Crippen LogP contribution in [0.4, 0.5) is 0 Å². The standard InChI is InChI=1S/C44H79O11P/c1-3-5-7-8-9-10-11-12-13-14-15-16-17-18-19-20-21-27-31-44(49)55-38(36-54-56(50,51)52)35-53-43(48)30-26-23-22-25-29-39-40(42(47)34-41(39)46)33-32-37(45)28-24-6-4-2/h22,25,32-33,37-40,42,45,47H,3-21,23-24,26-31,34-36H2,1-2H3,(H2,50,51,52)/b25-22-,33-32+/t37-,38+,39+,40+,42+/m0/s1. The summed E-state index contributed by atoms with van der Waals surface area (Å²) in [7, 11) is -4.82. The maximum atomic E-state index is 12.5. The largest absolute Gasteiger partial charge is 0.469 e. The van der Waals surface area contributed by atoms with Crippen LogP contribution in [0.1, 0.15) is 194 Å². The predicted octanol–water partition coefficient (Wildman–Crippen LogP) is 10.2. The zero-order valence-electron chi connectivity index (χ0n) is 35.0. The van der Waals surface area contributed by atoms with Crippen LogP contribution in [0.15, 0.2) is 24.3 Å². The molecule has 1 fully saturated rings. The number of carbonyl (C=O) groups excluding carboxylic acids is 3. The molecule has 0 bridgehead atoms. The highest BCUT2D eigenvalue weighted by molar-refractivity contribution is 7.46. The van der Waals surface area contributed by atoms with Crippen molar-refractivity contribution < 1.29 is 52.9 Å². The fraction of sp³-hybridized carbons (Fsp3) is 0.841. The highest BCUT2D eigenvalue weighted by atomic mass is 31.2. The second-order valence-corrected chi connectivity index (χ2v) is 17.0. The van der Waals surface area contributed by atoms with E-state index in [1.807, 2.05) is 12.2 Å². The Morgan fingerprint density at radius 1 is 0.732 bits per heavy atom. The van der Waals surface area contributed by atoms with Gasteiger partial charge in [0, 0.05) is 31.1 Å². The first-order valence-corrected chi connectivity index (χ1v) is 23.8. The quantitative estimate of drug-likeness (QED) is 0.0203. The molecule has 12 heteroatoms. The summed E-state index contributed by atoms with van der Waals surface area (Å²) in [5.74, 6) is -1.79. The third kappa shape index (κ3) is 29.4. The Hall–Kier alpha value is -1.88. The zero-order chi connectivity index (χ0) is 41.3. The first kappa shape index (κ1) is 52.1. The number of phosphoric acid groups is 1. The number of Topliss-reactive ketones (excluding diaryl/α,β-unsaturated/α-hetero) is 1. The molecule has 0 spiro atoms. The fourth-order valence-electron chi connectivity index (χ4n) is 7.18. The monoisotopic (exact) mass is 815 g/mol. The second-order valence-electron chi connectivity index (χ2n) is 15.8. The summed E-state index contributed by atoms with van der Waals surface area (Å²) in [4.78, 5) is 55.6. The number of hydrogen-bond acceptors (Lipinski definition) is 9. The summed E-state index contributed by atoms with van der Waals surface area (Å²) in [6, 6.07) is 0. The Morgan fingerprint density at radius 2 is 1.25 bits per heavy atom. The molecule has 326 valence electrons. The van der Waals surface area contributed by atoms with E-state index >= 15 is 0 Å². The molecule has 0 radical (unpaired) electrons. The van der Waals surface area contributed by atoms with Gasteiger partial charge in [0.25, 0.3) is 0 Å². The molecule has 4 N–H and O–H groups in total. The summed E-state index contributed by atoms with van der Waals surface area (Å²) < 4.78 is 26.4. The Morgan fingerprint density at radius 3 is 1.80 bits per heavy atom. The number of esters is 2. The average molecular weight is 815 g/mol. The van der Waals surface area contributed by atoms with E-state index in [4.69, 9.17) is 19.3 Å². The van der Waals surface area contributed by atoms with Crippen LogP contribution in [0.5, 0.6) is 0 Å². The number of aliphatic hydroxyl groups is 2. The summed E-state index contributed by atoms with van der Waals surface area (Å²) in [6.07, 6.45) is 32.6. The third-order valence-corrected chi connectivity index (χ3v) is 11.1. The number of allylic oxidation sites excluding steroid dienone is 2. The number of carbonyl (C=O) groups is 3. The molecule has 5 atom stereocenters. The van der Waals surface area contributed by atoms with Crippen LogP contribution < -0.4 is 0 Å². The van der Waals surface area contributed by atoms with E-state index in [-0.39, 0.29) is 43.5 Å². The van der Waals surface area contributed by atoms with Gasteiger partial charge in [-0.3, -0.25) is 18.9 Å².